The molecular formula is C22H37N3O3. The molecule has 4 rings (SSSR count). The van der Waals surface area contributed by atoms with Crippen LogP contribution in [0.3, 0.4) is 0 Å². The lowest BCUT2D eigenvalue weighted by molar-refractivity contribution is -0.131. The van der Waals surface area contributed by atoms with Crippen LogP contribution in [0.5, 0.6) is 0 Å². The number of hydrogen-bond donors (Lipinski definition) is 1. The quantitative estimate of drug-likeness (QED) is 0.754. The average molecular weight is 392 g/mol. The first kappa shape index (κ1) is 20.1. The summed E-state index contributed by atoms with van der Waals surface area (Å²) in [5.41, 5.74) is 0. The molecule has 6 nitrogen and oxygen atoms in total. The molecule has 0 radical (unpaired) electrons. The van der Waals surface area contributed by atoms with Crippen molar-refractivity contribution < 1.29 is 14.3 Å². The first-order valence-corrected chi connectivity index (χ1v) is 11.5. The Balaban J connectivity index is 1.46. The van der Waals surface area contributed by atoms with Crippen molar-refractivity contribution in [2.24, 2.45) is 11.8 Å². The fourth-order valence-electron chi connectivity index (χ4n) is 6.09. The number of amides is 2. The van der Waals surface area contributed by atoms with Crippen LogP contribution in [0.4, 0.5) is 0 Å². The number of rotatable bonds is 6. The predicted octanol–water partition coefficient (Wildman–Crippen LogP) is 2.17. The molecule has 4 fully saturated rings. The zero-order valence-corrected chi connectivity index (χ0v) is 17.6. The minimum absolute atomic E-state index is 0.0495. The molecule has 2 amide bonds. The molecule has 4 atom stereocenters. The van der Waals surface area contributed by atoms with Crippen molar-refractivity contribution in [2.45, 2.75) is 89.4 Å². The normalized spacial score (nSPS) is 33.8. The van der Waals surface area contributed by atoms with Crippen molar-refractivity contribution >= 4 is 11.8 Å². The highest BCUT2D eigenvalue weighted by atomic mass is 16.5. The van der Waals surface area contributed by atoms with Gasteiger partial charge in [0.05, 0.1) is 19.1 Å². The molecule has 4 aliphatic rings. The minimum atomic E-state index is -0.0495. The number of likely N-dealkylation sites (tertiary alicyclic amines) is 2. The summed E-state index contributed by atoms with van der Waals surface area (Å²) in [4.78, 5) is 30.0. The Morgan fingerprint density at radius 2 is 1.79 bits per heavy atom. The lowest BCUT2D eigenvalue weighted by Gasteiger charge is -2.29. The van der Waals surface area contributed by atoms with Crippen LogP contribution < -0.4 is 5.32 Å². The van der Waals surface area contributed by atoms with Gasteiger partial charge >= 0.3 is 0 Å². The molecule has 1 N–H and O–H groups in total. The van der Waals surface area contributed by atoms with Crippen molar-refractivity contribution in [3.05, 3.63) is 0 Å². The zero-order valence-electron chi connectivity index (χ0n) is 17.6. The van der Waals surface area contributed by atoms with E-state index in [9.17, 15) is 9.59 Å². The Bertz CT molecular complexity index is 569. The van der Waals surface area contributed by atoms with Gasteiger partial charge in [-0.15, -0.1) is 0 Å². The molecule has 3 aliphatic heterocycles. The Hall–Kier alpha value is -1.14. The third-order valence-electron chi connectivity index (χ3n) is 7.30. The van der Waals surface area contributed by atoms with Crippen molar-refractivity contribution in [1.29, 1.82) is 0 Å². The number of fused-ring (bicyclic) bond motifs is 1. The molecule has 0 aromatic rings. The van der Waals surface area contributed by atoms with E-state index in [-0.39, 0.29) is 18.1 Å². The maximum atomic E-state index is 12.9. The number of ether oxygens (including phenoxy) is 1. The first-order chi connectivity index (χ1) is 13.5. The maximum Gasteiger partial charge on any atom is 0.222 e. The van der Waals surface area contributed by atoms with E-state index in [4.69, 9.17) is 4.74 Å². The SMILES string of the molecule is CC(C)NC(=O)C[C@@H]1OC[C@@H]2[C@H]1[C@H](CC(=O)N1CCCC1)CN2C1CCCC1. The van der Waals surface area contributed by atoms with Crippen LogP contribution >= 0.6 is 0 Å². The number of nitrogens with zero attached hydrogens (tertiary/aromatic N) is 2. The standard InChI is InChI=1S/C22H37N3O3/c1-15(2)23-20(26)12-19-22-16(11-21(27)24-9-5-6-10-24)13-25(18(22)14-28-19)17-7-3-4-8-17/h15-19,22H,3-14H2,1-2H3,(H,23,26)/t16-,18-,19+,22-/m1/s1. The highest BCUT2D eigenvalue weighted by Crippen LogP contribution is 2.44. The molecule has 0 aromatic carbocycles. The van der Waals surface area contributed by atoms with E-state index >= 15 is 0 Å². The molecule has 0 spiro atoms. The molecule has 1 saturated carbocycles. The Kier molecular flexibility index (Phi) is 6.26. The summed E-state index contributed by atoms with van der Waals surface area (Å²) in [6, 6.07) is 1.18. The summed E-state index contributed by atoms with van der Waals surface area (Å²) in [6.45, 7) is 7.54. The first-order valence-electron chi connectivity index (χ1n) is 11.5. The average Bonchev–Trinajstić information content (AvgIpc) is 3.42. The summed E-state index contributed by atoms with van der Waals surface area (Å²) in [7, 11) is 0. The van der Waals surface area contributed by atoms with Gasteiger partial charge in [-0.25, -0.2) is 0 Å². The van der Waals surface area contributed by atoms with Crippen molar-refractivity contribution in [3.63, 3.8) is 0 Å². The largest absolute Gasteiger partial charge is 0.376 e. The van der Waals surface area contributed by atoms with Crippen molar-refractivity contribution in [1.82, 2.24) is 15.1 Å². The smallest absolute Gasteiger partial charge is 0.222 e. The monoisotopic (exact) mass is 391 g/mol. The highest BCUT2D eigenvalue weighted by Gasteiger charge is 2.53. The molecule has 28 heavy (non-hydrogen) atoms. The van der Waals surface area contributed by atoms with Crippen LogP contribution in [0.15, 0.2) is 0 Å². The van der Waals surface area contributed by atoms with Gasteiger partial charge in [-0.3, -0.25) is 14.5 Å². The zero-order chi connectivity index (χ0) is 19.7. The van der Waals surface area contributed by atoms with Crippen LogP contribution in [-0.2, 0) is 14.3 Å². The second kappa shape index (κ2) is 8.70. The van der Waals surface area contributed by atoms with E-state index < -0.39 is 0 Å². The van der Waals surface area contributed by atoms with Gasteiger partial charge in [-0.05, 0) is 45.4 Å². The summed E-state index contributed by atoms with van der Waals surface area (Å²) < 4.78 is 6.17. The topological polar surface area (TPSA) is 61.9 Å². The van der Waals surface area contributed by atoms with Crippen LogP contribution in [0.2, 0.25) is 0 Å². The predicted molar refractivity (Wildman–Crippen MR) is 108 cm³/mol. The highest BCUT2D eigenvalue weighted by molar-refractivity contribution is 5.77. The van der Waals surface area contributed by atoms with Gasteiger partial charge in [0.2, 0.25) is 11.8 Å². The van der Waals surface area contributed by atoms with E-state index in [2.05, 4.69) is 10.2 Å². The van der Waals surface area contributed by atoms with E-state index in [1.807, 2.05) is 18.7 Å². The van der Waals surface area contributed by atoms with Gasteiger partial charge in [0.15, 0.2) is 0 Å². The molecule has 0 aromatic heterocycles. The third-order valence-corrected chi connectivity index (χ3v) is 7.30. The number of carbonyl (C=O) groups is 2. The van der Waals surface area contributed by atoms with Gasteiger partial charge in [0, 0.05) is 50.1 Å². The van der Waals surface area contributed by atoms with Crippen LogP contribution in [0, 0.1) is 11.8 Å². The Morgan fingerprint density at radius 1 is 1.07 bits per heavy atom. The lowest BCUT2D eigenvalue weighted by Crippen LogP contribution is -2.40. The number of nitrogens with one attached hydrogen (secondary N) is 1. The second-order valence-corrected chi connectivity index (χ2v) is 9.63. The second-order valence-electron chi connectivity index (χ2n) is 9.63. The number of carbonyl (C=O) groups excluding carboxylic acids is 2. The molecule has 0 unspecified atom stereocenters. The summed E-state index contributed by atoms with van der Waals surface area (Å²) in [6.07, 6.45) is 8.45. The Morgan fingerprint density at radius 3 is 2.46 bits per heavy atom. The minimum Gasteiger partial charge on any atom is -0.376 e. The fraction of sp³-hybridized carbons (Fsp3) is 0.909. The van der Waals surface area contributed by atoms with Crippen LogP contribution in [-0.4, -0.2) is 72.1 Å². The molecule has 1 aliphatic carbocycles. The van der Waals surface area contributed by atoms with E-state index in [0.717, 1.165) is 39.1 Å². The molecule has 3 saturated heterocycles. The molecular weight excluding hydrogens is 354 g/mol. The summed E-state index contributed by atoms with van der Waals surface area (Å²) in [5, 5.41) is 3.01. The summed E-state index contributed by atoms with van der Waals surface area (Å²) >= 11 is 0. The van der Waals surface area contributed by atoms with E-state index in [0.29, 0.717) is 42.7 Å². The lowest BCUT2D eigenvalue weighted by atomic mass is 9.84. The van der Waals surface area contributed by atoms with Gasteiger partial charge in [-0.2, -0.15) is 0 Å². The Labute approximate surface area is 169 Å². The third kappa shape index (κ3) is 4.23. The van der Waals surface area contributed by atoms with Crippen molar-refractivity contribution in [3.8, 4) is 0 Å². The molecule has 0 bridgehead atoms. The summed E-state index contributed by atoms with van der Waals surface area (Å²) in [5.74, 6) is 1.01. The fourth-order valence-corrected chi connectivity index (χ4v) is 6.09. The van der Waals surface area contributed by atoms with Gasteiger partial charge in [0.1, 0.15) is 0 Å². The van der Waals surface area contributed by atoms with Crippen LogP contribution in [0.1, 0.15) is 65.2 Å². The van der Waals surface area contributed by atoms with E-state index in [1.165, 1.54) is 25.7 Å². The maximum absolute atomic E-state index is 12.9. The molecule has 158 valence electrons. The number of hydrogen-bond acceptors (Lipinski definition) is 4. The van der Waals surface area contributed by atoms with Crippen LogP contribution in [0.25, 0.3) is 0 Å². The molecule has 3 heterocycles. The molecule has 6 heteroatoms. The van der Waals surface area contributed by atoms with E-state index in [1.54, 1.807) is 0 Å². The van der Waals surface area contributed by atoms with Gasteiger partial charge in [0.25, 0.3) is 0 Å². The van der Waals surface area contributed by atoms with Gasteiger partial charge in [-0.1, -0.05) is 12.8 Å². The van der Waals surface area contributed by atoms with Crippen molar-refractivity contribution in [2.75, 3.05) is 26.2 Å². The van der Waals surface area contributed by atoms with Gasteiger partial charge < -0.3 is 15.0 Å².